The summed E-state index contributed by atoms with van der Waals surface area (Å²) in [5, 5.41) is 56.7. The van der Waals surface area contributed by atoms with Gasteiger partial charge in [0, 0.05) is 13.0 Å². The molecule has 0 heterocycles. The molecule has 216 valence electrons. The molecule has 2 rings (SSSR count). The SMILES string of the molecule is CCCCCCCCCC(=O)NC(CNC1C=C(CO)C(O)[C@H](O)C1O)[C@H](O)c1ccccc1.S.S.S. The van der Waals surface area contributed by atoms with Gasteiger partial charge in [-0.3, -0.25) is 4.79 Å². The molecule has 11 heteroatoms. The van der Waals surface area contributed by atoms with Crippen LogP contribution in [-0.2, 0) is 4.79 Å². The van der Waals surface area contributed by atoms with Crippen molar-refractivity contribution in [2.24, 2.45) is 0 Å². The highest BCUT2D eigenvalue weighted by Gasteiger charge is 2.37. The Labute approximate surface area is 242 Å². The number of rotatable bonds is 15. The van der Waals surface area contributed by atoms with Crippen LogP contribution in [0.4, 0.5) is 0 Å². The second-order valence-corrected chi connectivity index (χ2v) is 9.16. The number of aliphatic hydroxyl groups is 5. The quantitative estimate of drug-likeness (QED) is 0.124. The van der Waals surface area contributed by atoms with E-state index in [1.54, 1.807) is 12.1 Å². The highest BCUT2D eigenvalue weighted by atomic mass is 32.1. The first-order chi connectivity index (χ1) is 16.4. The maximum atomic E-state index is 12.6. The molecule has 6 atom stereocenters. The van der Waals surface area contributed by atoms with Crippen LogP contribution in [0, 0.1) is 0 Å². The molecule has 0 radical (unpaired) electrons. The highest BCUT2D eigenvalue weighted by molar-refractivity contribution is 7.59. The van der Waals surface area contributed by atoms with Gasteiger partial charge in [-0.1, -0.05) is 81.9 Å². The van der Waals surface area contributed by atoms with Gasteiger partial charge in [0.25, 0.3) is 0 Å². The molecule has 0 spiro atoms. The molecular weight excluding hydrogens is 532 g/mol. The van der Waals surface area contributed by atoms with Crippen LogP contribution in [-0.4, -0.2) is 75.0 Å². The number of hydrogen-bond acceptors (Lipinski definition) is 7. The molecule has 1 aliphatic carbocycles. The smallest absolute Gasteiger partial charge is 0.220 e. The fourth-order valence-electron chi connectivity index (χ4n) is 4.28. The maximum Gasteiger partial charge on any atom is 0.220 e. The molecule has 37 heavy (non-hydrogen) atoms. The number of hydrogen-bond donors (Lipinski definition) is 7. The van der Waals surface area contributed by atoms with Crippen molar-refractivity contribution in [2.75, 3.05) is 13.2 Å². The number of unbranched alkanes of at least 4 members (excludes halogenated alkanes) is 6. The zero-order valence-electron chi connectivity index (χ0n) is 21.6. The second kappa shape index (κ2) is 21.1. The number of nitrogens with one attached hydrogen (secondary N) is 2. The Balaban J connectivity index is 0. The van der Waals surface area contributed by atoms with E-state index in [4.69, 9.17) is 0 Å². The van der Waals surface area contributed by atoms with E-state index in [9.17, 15) is 30.3 Å². The first-order valence-corrected chi connectivity index (χ1v) is 12.5. The summed E-state index contributed by atoms with van der Waals surface area (Å²) in [7, 11) is 0. The number of aliphatic hydroxyl groups excluding tert-OH is 5. The van der Waals surface area contributed by atoms with Crippen LogP contribution in [0.25, 0.3) is 0 Å². The molecule has 0 aromatic heterocycles. The first kappa shape index (κ1) is 38.4. The molecule has 4 unspecified atom stereocenters. The summed E-state index contributed by atoms with van der Waals surface area (Å²) in [6.07, 6.45) is 4.52. The van der Waals surface area contributed by atoms with Gasteiger partial charge in [0.1, 0.15) is 24.4 Å². The molecule has 0 aliphatic heterocycles. The van der Waals surface area contributed by atoms with Crippen molar-refractivity contribution < 1.29 is 30.3 Å². The standard InChI is InChI=1S/C26H42N2O6.3H2S/c1-2-3-4-5-6-7-11-14-22(30)28-21(23(31)18-12-9-8-10-13-18)16-27-20-15-19(17-29)24(32)26(34)25(20)33;;;/h8-10,12-13,15,20-21,23-27,29,31-34H,2-7,11,14,16-17H2,1H3,(H,28,30);3*1H2/t20?,21?,23-,24?,25?,26+;;;/m1.../s1. The summed E-state index contributed by atoms with van der Waals surface area (Å²) in [6.45, 7) is 1.84. The minimum Gasteiger partial charge on any atom is -0.392 e. The molecular formula is C26H48N2O6S3. The van der Waals surface area contributed by atoms with E-state index in [-0.39, 0.29) is 58.5 Å². The topological polar surface area (TPSA) is 142 Å². The first-order valence-electron chi connectivity index (χ1n) is 12.5. The molecule has 7 N–H and O–H groups in total. The van der Waals surface area contributed by atoms with Gasteiger partial charge in [0.05, 0.1) is 18.7 Å². The van der Waals surface area contributed by atoms with Crippen molar-refractivity contribution in [3.05, 3.63) is 47.5 Å². The van der Waals surface area contributed by atoms with Gasteiger partial charge in [-0.05, 0) is 17.6 Å². The lowest BCUT2D eigenvalue weighted by molar-refractivity contribution is -0.122. The third-order valence-corrected chi connectivity index (χ3v) is 6.45. The predicted octanol–water partition coefficient (Wildman–Crippen LogP) is 1.66. The fraction of sp³-hybridized carbons (Fsp3) is 0.654. The number of carbonyl (C=O) groups is 1. The van der Waals surface area contributed by atoms with Crippen molar-refractivity contribution >= 4 is 46.4 Å². The van der Waals surface area contributed by atoms with E-state index in [1.165, 1.54) is 31.8 Å². The monoisotopic (exact) mass is 580 g/mol. The lowest BCUT2D eigenvalue weighted by Crippen LogP contribution is -2.56. The van der Waals surface area contributed by atoms with E-state index >= 15 is 0 Å². The van der Waals surface area contributed by atoms with Crippen LogP contribution in [0.1, 0.15) is 70.0 Å². The molecule has 0 fully saturated rings. The van der Waals surface area contributed by atoms with Crippen molar-refractivity contribution in [3.63, 3.8) is 0 Å². The minimum atomic E-state index is -1.45. The largest absolute Gasteiger partial charge is 0.392 e. The van der Waals surface area contributed by atoms with Crippen molar-refractivity contribution in [1.82, 2.24) is 10.6 Å². The minimum absolute atomic E-state index is 0. The van der Waals surface area contributed by atoms with Gasteiger partial charge in [-0.2, -0.15) is 40.5 Å². The number of benzene rings is 1. The zero-order valence-corrected chi connectivity index (χ0v) is 24.6. The zero-order chi connectivity index (χ0) is 24.9. The van der Waals surface area contributed by atoms with Crippen LogP contribution in [0.2, 0.25) is 0 Å². The molecule has 0 saturated carbocycles. The summed E-state index contributed by atoms with van der Waals surface area (Å²) in [4.78, 5) is 12.6. The molecule has 0 bridgehead atoms. The van der Waals surface area contributed by atoms with E-state index in [2.05, 4.69) is 17.6 Å². The van der Waals surface area contributed by atoms with E-state index in [0.717, 1.165) is 19.3 Å². The summed E-state index contributed by atoms with van der Waals surface area (Å²) in [6, 6.07) is 7.57. The van der Waals surface area contributed by atoms with Crippen LogP contribution in [0.15, 0.2) is 42.0 Å². The van der Waals surface area contributed by atoms with Crippen molar-refractivity contribution in [2.45, 2.75) is 94.8 Å². The summed E-state index contributed by atoms with van der Waals surface area (Å²) >= 11 is 0. The normalized spacial score (nSPS) is 22.4. The van der Waals surface area contributed by atoms with Gasteiger partial charge in [-0.25, -0.2) is 0 Å². The molecule has 1 aromatic carbocycles. The average molecular weight is 581 g/mol. The Morgan fingerprint density at radius 3 is 2.11 bits per heavy atom. The molecule has 8 nitrogen and oxygen atoms in total. The third-order valence-electron chi connectivity index (χ3n) is 6.45. The Hall–Kier alpha value is -0.760. The molecule has 1 aromatic rings. The van der Waals surface area contributed by atoms with E-state index in [0.29, 0.717) is 12.0 Å². The maximum absolute atomic E-state index is 12.6. The third kappa shape index (κ3) is 12.8. The Bertz CT molecular complexity index is 759. The number of carbonyl (C=O) groups excluding carboxylic acids is 1. The lowest BCUT2D eigenvalue weighted by Gasteiger charge is -2.36. The second-order valence-electron chi connectivity index (χ2n) is 9.16. The average Bonchev–Trinajstić information content (AvgIpc) is 2.85. The summed E-state index contributed by atoms with van der Waals surface area (Å²) in [5.41, 5.74) is 0.857. The Morgan fingerprint density at radius 1 is 0.919 bits per heavy atom. The van der Waals surface area contributed by atoms with Crippen LogP contribution >= 0.6 is 40.5 Å². The predicted molar refractivity (Wildman–Crippen MR) is 162 cm³/mol. The summed E-state index contributed by atoms with van der Waals surface area (Å²) in [5.74, 6) is -0.151. The molecule has 1 aliphatic rings. The lowest BCUT2D eigenvalue weighted by atomic mass is 9.88. The highest BCUT2D eigenvalue weighted by Crippen LogP contribution is 2.21. The van der Waals surface area contributed by atoms with Crippen LogP contribution < -0.4 is 10.6 Å². The van der Waals surface area contributed by atoms with Gasteiger partial charge < -0.3 is 36.2 Å². The number of amides is 1. The molecule has 0 saturated heterocycles. The van der Waals surface area contributed by atoms with Crippen molar-refractivity contribution in [1.29, 1.82) is 0 Å². The van der Waals surface area contributed by atoms with Gasteiger partial charge in [-0.15, -0.1) is 0 Å². The van der Waals surface area contributed by atoms with E-state index in [1.807, 2.05) is 18.2 Å². The summed E-state index contributed by atoms with van der Waals surface area (Å²) < 4.78 is 0. The van der Waals surface area contributed by atoms with Crippen LogP contribution in [0.3, 0.4) is 0 Å². The van der Waals surface area contributed by atoms with Gasteiger partial charge >= 0.3 is 0 Å². The Kier molecular flexibility index (Phi) is 21.9. The fourth-order valence-corrected chi connectivity index (χ4v) is 4.28. The van der Waals surface area contributed by atoms with Crippen molar-refractivity contribution in [3.8, 4) is 0 Å². The van der Waals surface area contributed by atoms with Gasteiger partial charge in [0.2, 0.25) is 5.91 Å². The van der Waals surface area contributed by atoms with Crippen LogP contribution in [0.5, 0.6) is 0 Å². The molecule has 1 amide bonds. The Morgan fingerprint density at radius 2 is 1.51 bits per heavy atom. The van der Waals surface area contributed by atoms with E-state index < -0.39 is 43.1 Å². The van der Waals surface area contributed by atoms with Gasteiger partial charge in [0.15, 0.2) is 0 Å².